The van der Waals surface area contributed by atoms with Crippen LogP contribution >= 0.6 is 22.9 Å². The number of halogens is 1. The monoisotopic (exact) mass is 376 g/mol. The van der Waals surface area contributed by atoms with E-state index in [1.54, 1.807) is 42.6 Å². The van der Waals surface area contributed by atoms with Gasteiger partial charge in [-0.3, -0.25) is 14.9 Å². The standard InChI is InChI=1S/C16H13ClN4O3S/c1-9-6-13(21-24-9)19-14(22)7-12-8-25-16(18-12)20-15(23)10-2-4-11(17)5-3-10/h2-6,8H,7H2,1H3,(H,18,20,23)(H,19,21,22). The molecule has 0 bridgehead atoms. The van der Waals surface area contributed by atoms with Gasteiger partial charge in [-0.25, -0.2) is 4.98 Å². The van der Waals surface area contributed by atoms with Gasteiger partial charge in [0.05, 0.1) is 12.1 Å². The average molecular weight is 377 g/mol. The van der Waals surface area contributed by atoms with Gasteiger partial charge in [-0.05, 0) is 31.2 Å². The number of aryl methyl sites for hydroxylation is 1. The minimum Gasteiger partial charge on any atom is -0.360 e. The van der Waals surface area contributed by atoms with E-state index in [9.17, 15) is 9.59 Å². The zero-order chi connectivity index (χ0) is 17.8. The van der Waals surface area contributed by atoms with Crippen molar-refractivity contribution in [2.24, 2.45) is 0 Å². The van der Waals surface area contributed by atoms with Gasteiger partial charge in [0.1, 0.15) is 5.76 Å². The van der Waals surface area contributed by atoms with E-state index in [1.165, 1.54) is 11.3 Å². The Balaban J connectivity index is 1.57. The SMILES string of the molecule is Cc1cc(NC(=O)Cc2csc(NC(=O)c3ccc(Cl)cc3)n2)no1. The number of carbonyl (C=O) groups is 2. The molecule has 0 saturated carbocycles. The van der Waals surface area contributed by atoms with E-state index in [0.717, 1.165) is 0 Å². The summed E-state index contributed by atoms with van der Waals surface area (Å²) in [5, 5.41) is 11.7. The van der Waals surface area contributed by atoms with Crippen LogP contribution in [0.5, 0.6) is 0 Å². The number of nitrogens with zero attached hydrogens (tertiary/aromatic N) is 2. The molecule has 3 aromatic rings. The summed E-state index contributed by atoms with van der Waals surface area (Å²) in [5.41, 5.74) is 1.02. The van der Waals surface area contributed by atoms with E-state index in [1.807, 2.05) is 0 Å². The number of hydrogen-bond acceptors (Lipinski definition) is 6. The Bertz CT molecular complexity index is 904. The predicted octanol–water partition coefficient (Wildman–Crippen LogP) is 3.53. The summed E-state index contributed by atoms with van der Waals surface area (Å²) in [5.74, 6) is 0.402. The maximum absolute atomic E-state index is 12.1. The number of rotatable bonds is 5. The first-order valence-electron chi connectivity index (χ1n) is 7.24. The molecule has 0 saturated heterocycles. The van der Waals surface area contributed by atoms with Crippen molar-refractivity contribution in [3.05, 3.63) is 57.8 Å². The van der Waals surface area contributed by atoms with Gasteiger partial charge >= 0.3 is 0 Å². The quantitative estimate of drug-likeness (QED) is 0.710. The minimum atomic E-state index is -0.292. The van der Waals surface area contributed by atoms with Crippen LogP contribution in [0.4, 0.5) is 10.9 Å². The second-order valence-corrected chi connectivity index (χ2v) is 6.45. The number of aromatic nitrogens is 2. The van der Waals surface area contributed by atoms with Crippen molar-refractivity contribution in [1.82, 2.24) is 10.1 Å². The highest BCUT2D eigenvalue weighted by Crippen LogP contribution is 2.18. The molecule has 0 aliphatic carbocycles. The molecule has 2 amide bonds. The normalized spacial score (nSPS) is 10.5. The first-order chi connectivity index (χ1) is 12.0. The number of hydrogen-bond donors (Lipinski definition) is 2. The fraction of sp³-hybridized carbons (Fsp3) is 0.125. The highest BCUT2D eigenvalue weighted by molar-refractivity contribution is 7.14. The lowest BCUT2D eigenvalue weighted by Gasteiger charge is -2.01. The van der Waals surface area contributed by atoms with Crippen LogP contribution in [0.2, 0.25) is 5.02 Å². The first-order valence-corrected chi connectivity index (χ1v) is 8.50. The number of thiazole rings is 1. The number of anilines is 2. The third-order valence-corrected chi connectivity index (χ3v) is 4.17. The molecule has 0 atom stereocenters. The van der Waals surface area contributed by atoms with Crippen LogP contribution in [-0.4, -0.2) is 22.0 Å². The second-order valence-electron chi connectivity index (χ2n) is 5.15. The molecule has 0 aliphatic heterocycles. The third-order valence-electron chi connectivity index (χ3n) is 3.12. The lowest BCUT2D eigenvalue weighted by Crippen LogP contribution is -2.15. The van der Waals surface area contributed by atoms with Gasteiger partial charge < -0.3 is 9.84 Å². The van der Waals surface area contributed by atoms with Gasteiger partial charge in [0.25, 0.3) is 5.91 Å². The average Bonchev–Trinajstić information content (AvgIpc) is 3.17. The Labute approximate surface area is 152 Å². The van der Waals surface area contributed by atoms with Crippen molar-refractivity contribution < 1.29 is 14.1 Å². The van der Waals surface area contributed by atoms with Gasteiger partial charge in [0, 0.05) is 22.0 Å². The lowest BCUT2D eigenvalue weighted by molar-refractivity contribution is -0.115. The Morgan fingerprint density at radius 3 is 2.68 bits per heavy atom. The third kappa shape index (κ3) is 4.65. The highest BCUT2D eigenvalue weighted by atomic mass is 35.5. The molecule has 128 valence electrons. The molecule has 3 rings (SSSR count). The summed E-state index contributed by atoms with van der Waals surface area (Å²) < 4.78 is 4.88. The zero-order valence-electron chi connectivity index (χ0n) is 13.1. The van der Waals surface area contributed by atoms with E-state index < -0.39 is 0 Å². The van der Waals surface area contributed by atoms with E-state index in [4.69, 9.17) is 16.1 Å². The summed E-state index contributed by atoms with van der Waals surface area (Å²) in [4.78, 5) is 28.3. The molecule has 1 aromatic carbocycles. The zero-order valence-corrected chi connectivity index (χ0v) is 14.6. The van der Waals surface area contributed by atoms with Crippen molar-refractivity contribution in [3.63, 3.8) is 0 Å². The van der Waals surface area contributed by atoms with Crippen LogP contribution in [0.1, 0.15) is 21.8 Å². The van der Waals surface area contributed by atoms with Crippen molar-refractivity contribution in [3.8, 4) is 0 Å². The van der Waals surface area contributed by atoms with E-state index in [2.05, 4.69) is 20.8 Å². The summed E-state index contributed by atoms with van der Waals surface area (Å²) in [6.07, 6.45) is 0.0687. The summed E-state index contributed by atoms with van der Waals surface area (Å²) in [7, 11) is 0. The van der Waals surface area contributed by atoms with Crippen molar-refractivity contribution >= 4 is 45.7 Å². The molecule has 0 aliphatic rings. The van der Waals surface area contributed by atoms with Gasteiger partial charge in [-0.2, -0.15) is 0 Å². The second kappa shape index (κ2) is 7.45. The van der Waals surface area contributed by atoms with Crippen LogP contribution in [0.15, 0.2) is 40.2 Å². The molecule has 0 radical (unpaired) electrons. The van der Waals surface area contributed by atoms with Crippen LogP contribution in [-0.2, 0) is 11.2 Å². The Hall–Kier alpha value is -2.71. The fourth-order valence-corrected chi connectivity index (χ4v) is 2.82. The molecular formula is C16H13ClN4O3S. The summed E-state index contributed by atoms with van der Waals surface area (Å²) in [6, 6.07) is 8.15. The summed E-state index contributed by atoms with van der Waals surface area (Å²) >= 11 is 7.04. The number of nitrogens with one attached hydrogen (secondary N) is 2. The predicted molar refractivity (Wildman–Crippen MR) is 95.1 cm³/mol. The fourth-order valence-electron chi connectivity index (χ4n) is 1.99. The highest BCUT2D eigenvalue weighted by Gasteiger charge is 2.12. The van der Waals surface area contributed by atoms with Crippen LogP contribution < -0.4 is 10.6 Å². The number of carbonyl (C=O) groups excluding carboxylic acids is 2. The smallest absolute Gasteiger partial charge is 0.257 e. The molecule has 2 heterocycles. The molecule has 2 aromatic heterocycles. The first kappa shape index (κ1) is 17.1. The van der Waals surface area contributed by atoms with Crippen molar-refractivity contribution in [2.75, 3.05) is 10.6 Å². The molecule has 7 nitrogen and oxygen atoms in total. The van der Waals surface area contributed by atoms with Crippen LogP contribution in [0.3, 0.4) is 0 Å². The van der Waals surface area contributed by atoms with Gasteiger partial charge in [0.2, 0.25) is 5.91 Å². The van der Waals surface area contributed by atoms with Crippen LogP contribution in [0, 0.1) is 6.92 Å². The summed E-state index contributed by atoms with van der Waals surface area (Å²) in [6.45, 7) is 1.73. The van der Waals surface area contributed by atoms with Crippen molar-refractivity contribution in [1.29, 1.82) is 0 Å². The van der Waals surface area contributed by atoms with E-state index in [-0.39, 0.29) is 18.2 Å². The molecule has 0 unspecified atom stereocenters. The van der Waals surface area contributed by atoms with Gasteiger partial charge in [-0.1, -0.05) is 16.8 Å². The molecule has 0 spiro atoms. The van der Waals surface area contributed by atoms with Crippen LogP contribution in [0.25, 0.3) is 0 Å². The molecular weight excluding hydrogens is 364 g/mol. The Morgan fingerprint density at radius 2 is 2.00 bits per heavy atom. The van der Waals surface area contributed by atoms with Gasteiger partial charge in [0.15, 0.2) is 10.9 Å². The largest absolute Gasteiger partial charge is 0.360 e. The van der Waals surface area contributed by atoms with Gasteiger partial charge in [-0.15, -0.1) is 11.3 Å². The molecule has 9 heteroatoms. The molecule has 25 heavy (non-hydrogen) atoms. The van der Waals surface area contributed by atoms with E-state index in [0.29, 0.717) is 33.0 Å². The van der Waals surface area contributed by atoms with Crippen molar-refractivity contribution in [2.45, 2.75) is 13.3 Å². The Morgan fingerprint density at radius 1 is 1.24 bits per heavy atom. The number of benzene rings is 1. The van der Waals surface area contributed by atoms with E-state index >= 15 is 0 Å². The topological polar surface area (TPSA) is 97.1 Å². The maximum Gasteiger partial charge on any atom is 0.257 e. The number of amides is 2. The maximum atomic E-state index is 12.1. The molecule has 0 fully saturated rings. The lowest BCUT2D eigenvalue weighted by atomic mass is 10.2. The molecule has 2 N–H and O–H groups in total. The Kier molecular flexibility index (Phi) is 5.11. The minimum absolute atomic E-state index is 0.0687.